The van der Waals surface area contributed by atoms with Crippen LogP contribution in [0, 0.1) is 11.3 Å². The predicted molar refractivity (Wildman–Crippen MR) is 86.7 cm³/mol. The summed E-state index contributed by atoms with van der Waals surface area (Å²) in [6.07, 6.45) is 1.67. The zero-order valence-corrected chi connectivity index (χ0v) is 13.5. The molecule has 0 bridgehead atoms. The van der Waals surface area contributed by atoms with Crippen molar-refractivity contribution in [2.24, 2.45) is 0 Å². The van der Waals surface area contributed by atoms with Crippen LogP contribution in [-0.4, -0.2) is 37.7 Å². The van der Waals surface area contributed by atoms with Crippen molar-refractivity contribution < 1.29 is 24.2 Å². The lowest BCUT2D eigenvalue weighted by Gasteiger charge is -2.10. The summed E-state index contributed by atoms with van der Waals surface area (Å²) in [5.74, 6) is -0.515. The third-order valence-corrected chi connectivity index (χ3v) is 2.96. The molecule has 0 atom stereocenters. The average Bonchev–Trinajstić information content (AvgIpc) is 2.57. The highest BCUT2D eigenvalue weighted by Crippen LogP contribution is 2.29. The molecule has 24 heavy (non-hydrogen) atoms. The third kappa shape index (κ3) is 5.88. The van der Waals surface area contributed by atoms with Gasteiger partial charge in [0, 0.05) is 30.9 Å². The number of benzene rings is 1. The lowest BCUT2D eigenvalue weighted by molar-refractivity contribution is -0.137. The predicted octanol–water partition coefficient (Wildman–Crippen LogP) is 1.50. The van der Waals surface area contributed by atoms with Gasteiger partial charge in [0.05, 0.1) is 14.2 Å². The molecule has 0 saturated heterocycles. The molecule has 1 aromatic carbocycles. The largest absolute Gasteiger partial charge is 0.493 e. The second kappa shape index (κ2) is 9.74. The van der Waals surface area contributed by atoms with Gasteiger partial charge in [-0.2, -0.15) is 5.26 Å². The second-order valence-corrected chi connectivity index (χ2v) is 4.65. The van der Waals surface area contributed by atoms with Crippen molar-refractivity contribution in [3.05, 3.63) is 30.0 Å². The number of hydrogen-bond donors (Lipinski definition) is 3. The first kappa shape index (κ1) is 18.8. The molecule has 0 radical (unpaired) electrons. The van der Waals surface area contributed by atoms with Crippen molar-refractivity contribution in [3.8, 4) is 17.6 Å². The SMILES string of the molecule is COc1ccc(NC(=O)/C(C#N)=C\NCCCC(=O)O)cc1OC. The Morgan fingerprint density at radius 2 is 2.00 bits per heavy atom. The maximum atomic E-state index is 12.1. The number of aliphatic carboxylic acids is 1. The fraction of sp³-hybridized carbons (Fsp3) is 0.312. The molecule has 1 aromatic rings. The van der Waals surface area contributed by atoms with Crippen LogP contribution in [0.25, 0.3) is 0 Å². The van der Waals surface area contributed by atoms with Crippen LogP contribution in [0.1, 0.15) is 12.8 Å². The van der Waals surface area contributed by atoms with E-state index in [0.717, 1.165) is 0 Å². The number of nitrogens with zero attached hydrogens (tertiary/aromatic N) is 1. The minimum atomic E-state index is -0.896. The van der Waals surface area contributed by atoms with Crippen LogP contribution in [0.2, 0.25) is 0 Å². The molecule has 8 nitrogen and oxygen atoms in total. The summed E-state index contributed by atoms with van der Waals surface area (Å²) in [6, 6.07) is 6.62. The molecule has 128 valence electrons. The van der Waals surface area contributed by atoms with Crippen LogP contribution < -0.4 is 20.1 Å². The van der Waals surface area contributed by atoms with E-state index in [0.29, 0.717) is 30.2 Å². The van der Waals surface area contributed by atoms with Gasteiger partial charge in [-0.05, 0) is 18.6 Å². The van der Waals surface area contributed by atoms with Gasteiger partial charge in [-0.25, -0.2) is 0 Å². The van der Waals surface area contributed by atoms with Crippen LogP contribution in [0.15, 0.2) is 30.0 Å². The van der Waals surface area contributed by atoms with Crippen LogP contribution >= 0.6 is 0 Å². The van der Waals surface area contributed by atoms with E-state index in [1.54, 1.807) is 24.3 Å². The quantitative estimate of drug-likeness (QED) is 0.356. The Bertz CT molecular complexity index is 664. The Labute approximate surface area is 139 Å². The van der Waals surface area contributed by atoms with Crippen LogP contribution in [-0.2, 0) is 9.59 Å². The molecular weight excluding hydrogens is 314 g/mol. The summed E-state index contributed by atoms with van der Waals surface area (Å²) in [5, 5.41) is 22.9. The van der Waals surface area contributed by atoms with E-state index in [4.69, 9.17) is 19.8 Å². The second-order valence-electron chi connectivity index (χ2n) is 4.65. The number of hydrogen-bond acceptors (Lipinski definition) is 6. The molecule has 0 fully saturated rings. The summed E-state index contributed by atoms with van der Waals surface area (Å²) >= 11 is 0. The van der Waals surface area contributed by atoms with E-state index in [2.05, 4.69) is 10.6 Å². The van der Waals surface area contributed by atoms with Gasteiger partial charge in [0.15, 0.2) is 11.5 Å². The number of methoxy groups -OCH3 is 2. The first-order valence-corrected chi connectivity index (χ1v) is 7.10. The van der Waals surface area contributed by atoms with Crippen molar-refractivity contribution in [1.82, 2.24) is 5.32 Å². The summed E-state index contributed by atoms with van der Waals surface area (Å²) in [7, 11) is 2.98. The molecule has 0 aromatic heterocycles. The lowest BCUT2D eigenvalue weighted by Crippen LogP contribution is -2.17. The summed E-state index contributed by atoms with van der Waals surface area (Å²) < 4.78 is 10.2. The lowest BCUT2D eigenvalue weighted by atomic mass is 10.2. The van der Waals surface area contributed by atoms with E-state index < -0.39 is 11.9 Å². The fourth-order valence-corrected chi connectivity index (χ4v) is 1.78. The minimum Gasteiger partial charge on any atom is -0.493 e. The number of carboxylic acids is 1. The third-order valence-electron chi connectivity index (χ3n) is 2.96. The topological polar surface area (TPSA) is 121 Å². The van der Waals surface area contributed by atoms with Crippen LogP contribution in [0.5, 0.6) is 11.5 Å². The van der Waals surface area contributed by atoms with Gasteiger partial charge in [0.1, 0.15) is 11.6 Å². The highest BCUT2D eigenvalue weighted by atomic mass is 16.5. The van der Waals surface area contributed by atoms with Gasteiger partial charge in [-0.15, -0.1) is 0 Å². The molecule has 1 amide bonds. The maximum Gasteiger partial charge on any atom is 0.303 e. The van der Waals surface area contributed by atoms with E-state index >= 15 is 0 Å². The number of rotatable bonds is 9. The number of carboxylic acid groups (broad SMARTS) is 1. The number of ether oxygens (including phenoxy) is 2. The van der Waals surface area contributed by atoms with Gasteiger partial charge in [0.2, 0.25) is 0 Å². The van der Waals surface area contributed by atoms with Gasteiger partial charge in [-0.1, -0.05) is 0 Å². The Morgan fingerprint density at radius 1 is 1.29 bits per heavy atom. The number of carbonyl (C=O) groups is 2. The molecule has 0 saturated carbocycles. The van der Waals surface area contributed by atoms with E-state index in [1.165, 1.54) is 20.4 Å². The van der Waals surface area contributed by atoms with Gasteiger partial charge in [0.25, 0.3) is 5.91 Å². The number of carbonyl (C=O) groups excluding carboxylic acids is 1. The fourth-order valence-electron chi connectivity index (χ4n) is 1.78. The van der Waals surface area contributed by atoms with E-state index in [9.17, 15) is 9.59 Å². The van der Waals surface area contributed by atoms with Gasteiger partial charge < -0.3 is 25.2 Å². The molecule has 0 aliphatic carbocycles. The normalized spacial score (nSPS) is 10.5. The number of amides is 1. The molecule has 0 spiro atoms. The number of anilines is 1. The number of nitrogens with one attached hydrogen (secondary N) is 2. The molecule has 3 N–H and O–H groups in total. The zero-order valence-electron chi connectivity index (χ0n) is 13.5. The van der Waals surface area contributed by atoms with Crippen LogP contribution in [0.4, 0.5) is 5.69 Å². The van der Waals surface area contributed by atoms with Crippen molar-refractivity contribution in [1.29, 1.82) is 5.26 Å². The average molecular weight is 333 g/mol. The first-order valence-electron chi connectivity index (χ1n) is 7.10. The molecule has 1 rings (SSSR count). The molecule has 0 heterocycles. The van der Waals surface area contributed by atoms with Crippen molar-refractivity contribution in [2.75, 3.05) is 26.1 Å². The Balaban J connectivity index is 2.67. The molecule has 8 heteroatoms. The summed E-state index contributed by atoms with van der Waals surface area (Å²) in [5.41, 5.74) is 0.324. The smallest absolute Gasteiger partial charge is 0.303 e. The van der Waals surface area contributed by atoms with Gasteiger partial charge in [-0.3, -0.25) is 9.59 Å². The van der Waals surface area contributed by atoms with E-state index in [-0.39, 0.29) is 12.0 Å². The Kier molecular flexibility index (Phi) is 7.64. The first-order chi connectivity index (χ1) is 11.5. The van der Waals surface area contributed by atoms with Crippen molar-refractivity contribution >= 4 is 17.6 Å². The van der Waals surface area contributed by atoms with Crippen LogP contribution in [0.3, 0.4) is 0 Å². The van der Waals surface area contributed by atoms with Gasteiger partial charge >= 0.3 is 5.97 Å². The Hall–Kier alpha value is -3.21. The van der Waals surface area contributed by atoms with Crippen molar-refractivity contribution in [2.45, 2.75) is 12.8 Å². The number of nitriles is 1. The molecule has 0 unspecified atom stereocenters. The Morgan fingerprint density at radius 3 is 2.58 bits per heavy atom. The summed E-state index contributed by atoms with van der Waals surface area (Å²) in [4.78, 5) is 22.4. The highest BCUT2D eigenvalue weighted by Gasteiger charge is 2.11. The van der Waals surface area contributed by atoms with E-state index in [1.807, 2.05) is 0 Å². The monoisotopic (exact) mass is 333 g/mol. The highest BCUT2D eigenvalue weighted by molar-refractivity contribution is 6.06. The maximum absolute atomic E-state index is 12.1. The molecular formula is C16H19N3O5. The molecule has 0 aliphatic heterocycles. The van der Waals surface area contributed by atoms with Crippen molar-refractivity contribution in [3.63, 3.8) is 0 Å². The molecule has 0 aliphatic rings. The summed E-state index contributed by atoms with van der Waals surface area (Å²) in [6.45, 7) is 0.348. The zero-order chi connectivity index (χ0) is 17.9. The standard InChI is InChI=1S/C16H19N3O5/c1-23-13-6-5-12(8-14(13)24-2)19-16(22)11(9-17)10-18-7-3-4-15(20)21/h5-6,8,10,18H,3-4,7H2,1-2H3,(H,19,22)(H,20,21)/b11-10-. The minimum absolute atomic E-state index is 0.0145.